The molecule has 1 saturated carbocycles. The highest BCUT2D eigenvalue weighted by atomic mass is 35.5. The Kier molecular flexibility index (Phi) is 10.9. The highest BCUT2D eigenvalue weighted by Crippen LogP contribution is 2.44. The van der Waals surface area contributed by atoms with E-state index in [9.17, 15) is 26.8 Å². The Morgan fingerprint density at radius 2 is 1.85 bits per heavy atom. The fourth-order valence-electron chi connectivity index (χ4n) is 7.04. The summed E-state index contributed by atoms with van der Waals surface area (Å²) >= 11 is 6.12. The van der Waals surface area contributed by atoms with Crippen molar-refractivity contribution in [2.24, 2.45) is 5.92 Å². The molecule has 2 aromatic rings. The van der Waals surface area contributed by atoms with Crippen molar-refractivity contribution in [3.05, 3.63) is 64.4 Å². The minimum Gasteiger partial charge on any atom is -0.453 e. The number of ether oxygens (including phenoxy) is 1. The van der Waals surface area contributed by atoms with Crippen LogP contribution in [-0.4, -0.2) is 74.7 Å². The maximum Gasteiger partial charge on any atom is 0.407 e. The average Bonchev–Trinajstić information content (AvgIpc) is 3.13. The van der Waals surface area contributed by atoms with Gasteiger partial charge in [0.25, 0.3) is 0 Å². The van der Waals surface area contributed by atoms with Crippen LogP contribution >= 0.6 is 11.6 Å². The molecule has 9 nitrogen and oxygen atoms in total. The van der Waals surface area contributed by atoms with Gasteiger partial charge in [-0.05, 0) is 74.3 Å². The molecular weight excluding hydrogens is 645 g/mol. The smallest absolute Gasteiger partial charge is 0.407 e. The number of alkyl halides is 2. The second kappa shape index (κ2) is 14.5. The van der Waals surface area contributed by atoms with Gasteiger partial charge in [-0.15, -0.1) is 0 Å². The number of alkyl carbamates (subject to hydrolysis) is 1. The van der Waals surface area contributed by atoms with Crippen molar-refractivity contribution in [3.8, 4) is 0 Å². The third-order valence-electron chi connectivity index (χ3n) is 9.49. The highest BCUT2D eigenvalue weighted by Gasteiger charge is 2.43. The summed E-state index contributed by atoms with van der Waals surface area (Å²) in [6, 6.07) is 9.37. The number of sulfonamides is 1. The zero-order chi connectivity index (χ0) is 33.1. The minimum absolute atomic E-state index is 0.0741. The zero-order valence-corrected chi connectivity index (χ0v) is 27.2. The number of rotatable bonds is 9. The number of nitrogens with one attached hydrogen (secondary N) is 3. The van der Waals surface area contributed by atoms with Crippen molar-refractivity contribution in [3.63, 3.8) is 0 Å². The predicted octanol–water partition coefficient (Wildman–Crippen LogP) is 5.45. The van der Waals surface area contributed by atoms with E-state index < -0.39 is 45.7 Å². The number of carbonyl (C=O) groups is 2. The lowest BCUT2D eigenvalue weighted by Gasteiger charge is -2.38. The lowest BCUT2D eigenvalue weighted by molar-refractivity contribution is -0.119. The van der Waals surface area contributed by atoms with Gasteiger partial charge in [0.2, 0.25) is 21.9 Å². The number of halogens is 4. The number of nitrogens with zero attached hydrogens (tertiary/aromatic N) is 1. The lowest BCUT2D eigenvalue weighted by Crippen LogP contribution is -2.57. The number of amides is 2. The summed E-state index contributed by atoms with van der Waals surface area (Å²) in [4.78, 5) is 26.6. The molecule has 14 heteroatoms. The fourth-order valence-corrected chi connectivity index (χ4v) is 8.98. The van der Waals surface area contributed by atoms with Gasteiger partial charge in [0.1, 0.15) is 11.9 Å². The summed E-state index contributed by atoms with van der Waals surface area (Å²) in [7, 11) is -2.29. The Hall–Kier alpha value is -2.87. The van der Waals surface area contributed by atoms with Crippen molar-refractivity contribution >= 4 is 39.3 Å². The van der Waals surface area contributed by atoms with Gasteiger partial charge < -0.3 is 20.7 Å². The number of carbonyl (C=O) groups excluding carboxylic acids is 2. The van der Waals surface area contributed by atoms with Crippen LogP contribution in [0.2, 0.25) is 5.02 Å². The van der Waals surface area contributed by atoms with E-state index in [1.54, 1.807) is 30.3 Å². The number of methoxy groups -OCH3 is 1. The molecule has 3 fully saturated rings. The quantitative estimate of drug-likeness (QED) is 0.324. The van der Waals surface area contributed by atoms with E-state index in [4.69, 9.17) is 16.3 Å². The molecule has 5 rings (SSSR count). The monoisotopic (exact) mass is 684 g/mol. The Balaban J connectivity index is 1.41. The van der Waals surface area contributed by atoms with Crippen molar-refractivity contribution in [2.45, 2.75) is 81.3 Å². The van der Waals surface area contributed by atoms with E-state index in [1.807, 2.05) is 0 Å². The van der Waals surface area contributed by atoms with Gasteiger partial charge in [-0.25, -0.2) is 26.4 Å². The molecule has 5 atom stereocenters. The molecule has 3 aliphatic rings. The average molecular weight is 685 g/mol. The first-order valence-corrected chi connectivity index (χ1v) is 17.6. The van der Waals surface area contributed by atoms with Gasteiger partial charge in [0.15, 0.2) is 0 Å². The molecule has 2 aromatic carbocycles. The molecule has 252 valence electrons. The van der Waals surface area contributed by atoms with E-state index in [2.05, 4.69) is 16.0 Å². The zero-order valence-electron chi connectivity index (χ0n) is 25.6. The molecule has 2 heterocycles. The summed E-state index contributed by atoms with van der Waals surface area (Å²) in [5.41, 5.74) is 0.992. The van der Waals surface area contributed by atoms with Crippen LogP contribution in [0.15, 0.2) is 42.5 Å². The number of fused-ring (bicyclic) bond motifs is 2. The summed E-state index contributed by atoms with van der Waals surface area (Å²) in [5.74, 6) is -5.10. The van der Waals surface area contributed by atoms with Gasteiger partial charge >= 0.3 is 6.09 Å². The van der Waals surface area contributed by atoms with E-state index in [0.29, 0.717) is 36.5 Å². The summed E-state index contributed by atoms with van der Waals surface area (Å²) < 4.78 is 75.9. The third kappa shape index (κ3) is 8.15. The molecule has 46 heavy (non-hydrogen) atoms. The van der Waals surface area contributed by atoms with Crippen LogP contribution < -0.4 is 16.0 Å². The first-order valence-electron chi connectivity index (χ1n) is 15.7. The molecule has 0 aromatic heterocycles. The molecule has 0 spiro atoms. The minimum atomic E-state index is -3.44. The van der Waals surface area contributed by atoms with Crippen LogP contribution in [-0.2, 0) is 26.0 Å². The second-order valence-electron chi connectivity index (χ2n) is 12.5. The number of hydrogen-bond donors (Lipinski definition) is 3. The van der Waals surface area contributed by atoms with Crippen LogP contribution in [0, 0.1) is 11.7 Å². The van der Waals surface area contributed by atoms with Gasteiger partial charge in [-0.1, -0.05) is 29.8 Å². The standard InChI is InChI=1S/C32H40ClF3N4O5S/c1-45-31(42)39-29(28(20-7-9-22(33)10-8-20)21-13-15-32(35,36)16-14-21)30(41)38-27-6-2-5-26(34)25(27)12-11-24-18-37-23-4-3-17-46(43,44)40(24)19-23/h2,5-10,21,23-24,28-29,37H,3-4,11-19H2,1H3,(H,38,41)(H,39,42)/t23?,24?,28-,29-/m0/s1. The van der Waals surface area contributed by atoms with Gasteiger partial charge in [-0.3, -0.25) is 4.79 Å². The number of benzene rings is 2. The molecule has 2 aliphatic heterocycles. The first kappa shape index (κ1) is 34.5. The fraction of sp³-hybridized carbons (Fsp3) is 0.562. The number of hydrogen-bond acceptors (Lipinski definition) is 6. The predicted molar refractivity (Wildman–Crippen MR) is 169 cm³/mol. The SMILES string of the molecule is COC(=O)N[C@H](C(=O)Nc1cccc(F)c1CCC1CNC2CCCS(=O)(=O)N1C2)[C@@H](c1ccc(Cl)cc1)C1CCC(F)(F)CC1. The lowest BCUT2D eigenvalue weighted by atomic mass is 9.72. The summed E-state index contributed by atoms with van der Waals surface area (Å²) in [5, 5.41) is 9.24. The van der Waals surface area contributed by atoms with Crippen molar-refractivity contribution in [1.82, 2.24) is 14.9 Å². The molecule has 2 amide bonds. The van der Waals surface area contributed by atoms with E-state index in [-0.39, 0.29) is 67.1 Å². The Bertz CT molecular complexity index is 1500. The van der Waals surface area contributed by atoms with Crippen LogP contribution in [0.5, 0.6) is 0 Å². The van der Waals surface area contributed by atoms with Crippen LogP contribution in [0.4, 0.5) is 23.7 Å². The maximum atomic E-state index is 15.3. The number of anilines is 1. The highest BCUT2D eigenvalue weighted by molar-refractivity contribution is 7.89. The molecule has 2 bridgehead atoms. The molecule has 1 aliphatic carbocycles. The first-order chi connectivity index (χ1) is 21.9. The van der Waals surface area contributed by atoms with Crippen molar-refractivity contribution in [2.75, 3.05) is 31.3 Å². The molecule has 3 unspecified atom stereocenters. The Morgan fingerprint density at radius 1 is 1.13 bits per heavy atom. The van der Waals surface area contributed by atoms with Crippen LogP contribution in [0.3, 0.4) is 0 Å². The summed E-state index contributed by atoms with van der Waals surface area (Å²) in [6.07, 6.45) is 0.441. The van der Waals surface area contributed by atoms with Crippen molar-refractivity contribution < 1.29 is 35.9 Å². The van der Waals surface area contributed by atoms with Crippen molar-refractivity contribution in [1.29, 1.82) is 0 Å². The second-order valence-corrected chi connectivity index (χ2v) is 14.9. The Labute approximate surface area is 272 Å². The summed E-state index contributed by atoms with van der Waals surface area (Å²) in [6.45, 7) is 0.808. The maximum absolute atomic E-state index is 15.3. The molecule has 0 radical (unpaired) electrons. The topological polar surface area (TPSA) is 117 Å². The third-order valence-corrected chi connectivity index (χ3v) is 11.7. The van der Waals surface area contributed by atoms with E-state index in [1.165, 1.54) is 16.4 Å². The van der Waals surface area contributed by atoms with E-state index in [0.717, 1.165) is 13.5 Å². The van der Waals surface area contributed by atoms with Gasteiger partial charge in [-0.2, -0.15) is 4.31 Å². The molecular formula is C32H40ClF3N4O5S. The number of piperazine rings is 1. The van der Waals surface area contributed by atoms with Gasteiger partial charge in [0, 0.05) is 60.2 Å². The largest absolute Gasteiger partial charge is 0.453 e. The normalized spacial score (nSPS) is 25.5. The van der Waals surface area contributed by atoms with E-state index >= 15 is 4.39 Å². The molecule has 3 N–H and O–H groups in total. The van der Waals surface area contributed by atoms with Crippen LogP contribution in [0.25, 0.3) is 0 Å². The molecule has 2 saturated heterocycles. The Morgan fingerprint density at radius 3 is 2.54 bits per heavy atom. The van der Waals surface area contributed by atoms with Gasteiger partial charge in [0.05, 0.1) is 12.9 Å². The van der Waals surface area contributed by atoms with Crippen LogP contribution in [0.1, 0.15) is 62.0 Å².